The molecular formula is C17H16N2S. The van der Waals surface area contributed by atoms with Crippen LogP contribution in [0.25, 0.3) is 10.2 Å². The number of benzene rings is 1. The van der Waals surface area contributed by atoms with Crippen LogP contribution in [0, 0.1) is 13.8 Å². The Morgan fingerprint density at radius 3 is 2.55 bits per heavy atom. The molecule has 20 heavy (non-hydrogen) atoms. The summed E-state index contributed by atoms with van der Waals surface area (Å²) in [5.74, 6) is 0. The van der Waals surface area contributed by atoms with Crippen molar-refractivity contribution in [2.45, 2.75) is 26.7 Å². The lowest BCUT2D eigenvalue weighted by Gasteiger charge is -2.20. The van der Waals surface area contributed by atoms with Crippen molar-refractivity contribution in [1.29, 1.82) is 0 Å². The third-order valence-corrected chi connectivity index (χ3v) is 5.49. The topological polar surface area (TPSA) is 38.9 Å². The lowest BCUT2D eigenvalue weighted by Crippen LogP contribution is -2.12. The third kappa shape index (κ3) is 1.53. The van der Waals surface area contributed by atoms with E-state index < -0.39 is 0 Å². The highest BCUT2D eigenvalue weighted by Gasteiger charge is 2.22. The van der Waals surface area contributed by atoms with E-state index >= 15 is 0 Å². The number of hydrogen-bond donors (Lipinski definition) is 1. The van der Waals surface area contributed by atoms with Crippen molar-refractivity contribution in [2.75, 3.05) is 5.73 Å². The molecule has 0 fully saturated rings. The Bertz CT molecular complexity index is 846. The molecule has 2 N–H and O–H groups in total. The molecule has 0 spiro atoms. The number of anilines is 1. The lowest BCUT2D eigenvalue weighted by molar-refractivity contribution is 0.960. The summed E-state index contributed by atoms with van der Waals surface area (Å²) in [6.45, 7) is 4.30. The minimum Gasteiger partial charge on any atom is -0.398 e. The van der Waals surface area contributed by atoms with E-state index in [0.717, 1.165) is 29.1 Å². The Kier molecular flexibility index (Phi) is 2.42. The summed E-state index contributed by atoms with van der Waals surface area (Å²) >= 11 is 1.76. The molecular weight excluding hydrogens is 264 g/mol. The highest BCUT2D eigenvalue weighted by atomic mass is 32.1. The highest BCUT2D eigenvalue weighted by molar-refractivity contribution is 7.18. The van der Waals surface area contributed by atoms with Crippen molar-refractivity contribution < 1.29 is 0 Å². The Labute approximate surface area is 122 Å². The number of nitrogens with zero attached hydrogens (tertiary/aromatic N) is 1. The maximum Gasteiger partial charge on any atom is 0.126 e. The number of pyridine rings is 1. The smallest absolute Gasteiger partial charge is 0.126 e. The molecule has 0 aliphatic heterocycles. The van der Waals surface area contributed by atoms with Crippen LogP contribution in [0.4, 0.5) is 5.69 Å². The molecule has 0 radical (unpaired) electrons. The first-order chi connectivity index (χ1) is 9.65. The van der Waals surface area contributed by atoms with Crippen LogP contribution in [-0.4, -0.2) is 4.98 Å². The van der Waals surface area contributed by atoms with Gasteiger partial charge < -0.3 is 5.73 Å². The predicted octanol–water partition coefficient (Wildman–Crippen LogP) is 3.99. The van der Waals surface area contributed by atoms with E-state index in [1.807, 2.05) is 0 Å². The van der Waals surface area contributed by atoms with Gasteiger partial charge in [-0.15, -0.1) is 11.3 Å². The zero-order valence-corrected chi connectivity index (χ0v) is 12.5. The first-order valence-corrected chi connectivity index (χ1v) is 7.70. The average Bonchev–Trinajstić information content (AvgIpc) is 2.73. The van der Waals surface area contributed by atoms with Gasteiger partial charge in [-0.1, -0.05) is 24.3 Å². The summed E-state index contributed by atoms with van der Waals surface area (Å²) in [6, 6.07) is 8.61. The van der Waals surface area contributed by atoms with Crippen LogP contribution in [0.5, 0.6) is 0 Å². The van der Waals surface area contributed by atoms with Gasteiger partial charge in [-0.3, -0.25) is 0 Å². The molecule has 1 aliphatic carbocycles. The number of nitrogens with two attached hydrogens (primary N) is 1. The van der Waals surface area contributed by atoms with Crippen LogP contribution in [0.2, 0.25) is 0 Å². The SMILES string of the molecule is Cc1sc2nc3c(c(N)c2c1C)Cc1ccccc1C3. The monoisotopic (exact) mass is 280 g/mol. The van der Waals surface area contributed by atoms with Crippen molar-refractivity contribution in [2.24, 2.45) is 0 Å². The van der Waals surface area contributed by atoms with Gasteiger partial charge in [0.05, 0.1) is 5.69 Å². The Balaban J connectivity index is 2.00. The Hall–Kier alpha value is -1.87. The van der Waals surface area contributed by atoms with E-state index in [4.69, 9.17) is 10.7 Å². The fourth-order valence-electron chi connectivity index (χ4n) is 3.12. The van der Waals surface area contributed by atoms with Crippen LogP contribution in [0.3, 0.4) is 0 Å². The predicted molar refractivity (Wildman–Crippen MR) is 85.6 cm³/mol. The fourth-order valence-corrected chi connectivity index (χ4v) is 4.18. The van der Waals surface area contributed by atoms with Crippen molar-refractivity contribution in [3.63, 3.8) is 0 Å². The zero-order chi connectivity index (χ0) is 13.9. The Morgan fingerprint density at radius 1 is 1.10 bits per heavy atom. The van der Waals surface area contributed by atoms with E-state index in [1.165, 1.54) is 32.5 Å². The molecule has 0 saturated carbocycles. The third-order valence-electron chi connectivity index (χ3n) is 4.39. The number of nitrogen functional groups attached to an aromatic ring is 1. The van der Waals surface area contributed by atoms with Gasteiger partial charge in [-0.25, -0.2) is 4.98 Å². The highest BCUT2D eigenvalue weighted by Crippen LogP contribution is 2.39. The van der Waals surface area contributed by atoms with Gasteiger partial charge in [0.15, 0.2) is 0 Å². The minimum atomic E-state index is 0.904. The average molecular weight is 280 g/mol. The molecule has 2 heterocycles. The number of fused-ring (bicyclic) bond motifs is 3. The van der Waals surface area contributed by atoms with Crippen molar-refractivity contribution >= 4 is 27.2 Å². The van der Waals surface area contributed by atoms with Gasteiger partial charge in [-0.2, -0.15) is 0 Å². The van der Waals surface area contributed by atoms with E-state index in [9.17, 15) is 0 Å². The number of aromatic nitrogens is 1. The molecule has 2 aromatic heterocycles. The van der Waals surface area contributed by atoms with Gasteiger partial charge in [0, 0.05) is 34.4 Å². The maximum absolute atomic E-state index is 6.48. The molecule has 0 atom stereocenters. The minimum absolute atomic E-state index is 0.904. The van der Waals surface area contributed by atoms with E-state index in [1.54, 1.807) is 11.3 Å². The summed E-state index contributed by atoms with van der Waals surface area (Å²) in [6.07, 6.45) is 1.82. The summed E-state index contributed by atoms with van der Waals surface area (Å²) in [5, 5.41) is 1.17. The van der Waals surface area contributed by atoms with Crippen LogP contribution in [0.1, 0.15) is 32.8 Å². The molecule has 1 aromatic carbocycles. The molecule has 0 amide bonds. The quantitative estimate of drug-likeness (QED) is 0.529. The van der Waals surface area contributed by atoms with E-state index in [-0.39, 0.29) is 0 Å². The summed E-state index contributed by atoms with van der Waals surface area (Å²) in [4.78, 5) is 7.31. The molecule has 1 aliphatic rings. The molecule has 2 nitrogen and oxygen atoms in total. The summed E-state index contributed by atoms with van der Waals surface area (Å²) in [7, 11) is 0. The van der Waals surface area contributed by atoms with Crippen LogP contribution in [-0.2, 0) is 12.8 Å². The van der Waals surface area contributed by atoms with E-state index in [0.29, 0.717) is 0 Å². The first kappa shape index (κ1) is 11.9. The molecule has 0 bridgehead atoms. The molecule has 0 saturated heterocycles. The van der Waals surface area contributed by atoms with Gasteiger partial charge in [0.1, 0.15) is 4.83 Å². The Morgan fingerprint density at radius 2 is 1.80 bits per heavy atom. The van der Waals surface area contributed by atoms with Crippen LogP contribution in [0.15, 0.2) is 24.3 Å². The molecule has 0 unspecified atom stereocenters. The van der Waals surface area contributed by atoms with Gasteiger partial charge >= 0.3 is 0 Å². The van der Waals surface area contributed by atoms with Gasteiger partial charge in [0.25, 0.3) is 0 Å². The molecule has 4 rings (SSSR count). The zero-order valence-electron chi connectivity index (χ0n) is 11.7. The van der Waals surface area contributed by atoms with Gasteiger partial charge in [-0.05, 0) is 30.5 Å². The normalized spacial score (nSPS) is 13.3. The number of thiophene rings is 1. The van der Waals surface area contributed by atoms with E-state index in [2.05, 4.69) is 38.1 Å². The fraction of sp³-hybridized carbons (Fsp3) is 0.235. The second-order valence-corrected chi connectivity index (χ2v) is 6.74. The summed E-state index contributed by atoms with van der Waals surface area (Å²) < 4.78 is 0. The lowest BCUT2D eigenvalue weighted by atomic mass is 9.87. The second-order valence-electron chi connectivity index (χ2n) is 5.54. The largest absolute Gasteiger partial charge is 0.398 e. The van der Waals surface area contributed by atoms with Crippen molar-refractivity contribution in [3.8, 4) is 0 Å². The molecule has 3 heteroatoms. The van der Waals surface area contributed by atoms with Crippen molar-refractivity contribution in [1.82, 2.24) is 4.98 Å². The van der Waals surface area contributed by atoms with Crippen LogP contribution < -0.4 is 5.73 Å². The number of hydrogen-bond acceptors (Lipinski definition) is 3. The van der Waals surface area contributed by atoms with Gasteiger partial charge in [0.2, 0.25) is 0 Å². The molecule has 100 valence electrons. The number of aryl methyl sites for hydroxylation is 2. The second kappa shape index (κ2) is 4.06. The van der Waals surface area contributed by atoms with Crippen LogP contribution >= 0.6 is 11.3 Å². The standard InChI is InChI=1S/C17H16N2S/c1-9-10(2)20-17-15(9)16(18)13-7-11-5-3-4-6-12(11)8-14(13)19-17/h3-6H,7-8H2,1-2H3,(H2,18,19). The first-order valence-electron chi connectivity index (χ1n) is 6.89. The maximum atomic E-state index is 6.48. The molecule has 3 aromatic rings. The summed E-state index contributed by atoms with van der Waals surface area (Å²) in [5.41, 5.74) is 13.9. The number of rotatable bonds is 0. The van der Waals surface area contributed by atoms with Crippen molar-refractivity contribution in [3.05, 3.63) is 57.1 Å².